The minimum Gasteiger partial charge on any atom is -0.383 e. The standard InChI is InChI=1S/C13H9BrN4O2/c14-8-4-5-9(10(7-8)18(19)20)12-13(15)17-6-2-1-3-11(17)16-12/h1-7H,15H2. The average molecular weight is 333 g/mol. The van der Waals surface area contributed by atoms with Crippen LogP contribution in [-0.4, -0.2) is 14.3 Å². The van der Waals surface area contributed by atoms with Crippen molar-refractivity contribution in [3.05, 3.63) is 57.2 Å². The van der Waals surface area contributed by atoms with Crippen LogP contribution in [0.25, 0.3) is 16.9 Å². The van der Waals surface area contributed by atoms with Crippen molar-refractivity contribution in [3.8, 4) is 11.3 Å². The zero-order valence-electron chi connectivity index (χ0n) is 10.2. The first-order valence-corrected chi connectivity index (χ1v) is 6.54. The number of hydrogen-bond donors (Lipinski definition) is 1. The van der Waals surface area contributed by atoms with E-state index in [1.165, 1.54) is 6.07 Å². The summed E-state index contributed by atoms with van der Waals surface area (Å²) in [5, 5.41) is 11.2. The van der Waals surface area contributed by atoms with E-state index in [1.807, 2.05) is 12.1 Å². The largest absolute Gasteiger partial charge is 0.383 e. The molecule has 0 saturated carbocycles. The molecule has 0 amide bonds. The van der Waals surface area contributed by atoms with Crippen LogP contribution in [-0.2, 0) is 0 Å². The van der Waals surface area contributed by atoms with Crippen molar-refractivity contribution in [1.82, 2.24) is 9.38 Å². The maximum Gasteiger partial charge on any atom is 0.280 e. The van der Waals surface area contributed by atoms with Gasteiger partial charge in [0, 0.05) is 16.7 Å². The predicted molar refractivity (Wildman–Crippen MR) is 79.4 cm³/mol. The molecular weight excluding hydrogens is 324 g/mol. The van der Waals surface area contributed by atoms with Crippen molar-refractivity contribution in [1.29, 1.82) is 0 Å². The third-order valence-corrected chi connectivity index (χ3v) is 3.47. The van der Waals surface area contributed by atoms with E-state index < -0.39 is 4.92 Å². The van der Waals surface area contributed by atoms with Crippen LogP contribution in [0.3, 0.4) is 0 Å². The molecule has 2 heterocycles. The van der Waals surface area contributed by atoms with E-state index in [0.29, 0.717) is 27.2 Å². The third kappa shape index (κ3) is 1.92. The lowest BCUT2D eigenvalue weighted by atomic mass is 10.1. The Kier molecular flexibility index (Phi) is 2.90. The van der Waals surface area contributed by atoms with Gasteiger partial charge in [-0.3, -0.25) is 14.5 Å². The molecule has 1 aromatic carbocycles. The first-order valence-electron chi connectivity index (χ1n) is 5.75. The minimum atomic E-state index is -0.441. The molecule has 0 aliphatic carbocycles. The molecule has 0 bridgehead atoms. The Bertz CT molecular complexity index is 828. The Morgan fingerprint density at radius 3 is 2.80 bits per heavy atom. The zero-order chi connectivity index (χ0) is 14.3. The van der Waals surface area contributed by atoms with E-state index in [9.17, 15) is 10.1 Å². The van der Waals surface area contributed by atoms with Gasteiger partial charge in [-0.05, 0) is 24.3 Å². The fourth-order valence-electron chi connectivity index (χ4n) is 2.07. The van der Waals surface area contributed by atoms with Crippen molar-refractivity contribution >= 4 is 33.1 Å². The second kappa shape index (κ2) is 4.61. The number of rotatable bonds is 2. The van der Waals surface area contributed by atoms with Crippen molar-refractivity contribution in [2.75, 3.05) is 5.73 Å². The van der Waals surface area contributed by atoms with Crippen LogP contribution in [0.1, 0.15) is 0 Å². The highest BCUT2D eigenvalue weighted by Gasteiger charge is 2.21. The lowest BCUT2D eigenvalue weighted by Crippen LogP contribution is -1.96. The Hall–Kier alpha value is -2.41. The molecule has 7 heteroatoms. The van der Waals surface area contributed by atoms with Crippen molar-refractivity contribution < 1.29 is 4.92 Å². The van der Waals surface area contributed by atoms with Crippen LogP contribution < -0.4 is 5.73 Å². The summed E-state index contributed by atoms with van der Waals surface area (Å²) in [6.07, 6.45) is 1.77. The number of nitrogens with two attached hydrogens (primary N) is 1. The van der Waals surface area contributed by atoms with E-state index >= 15 is 0 Å². The van der Waals surface area contributed by atoms with Gasteiger partial charge >= 0.3 is 0 Å². The Morgan fingerprint density at radius 2 is 2.10 bits per heavy atom. The normalized spacial score (nSPS) is 10.8. The minimum absolute atomic E-state index is 0.0329. The van der Waals surface area contributed by atoms with Crippen LogP contribution in [0.4, 0.5) is 11.5 Å². The Balaban J connectivity index is 2.31. The molecule has 6 nitrogen and oxygen atoms in total. The van der Waals surface area contributed by atoms with Crippen LogP contribution >= 0.6 is 15.9 Å². The van der Waals surface area contributed by atoms with E-state index in [-0.39, 0.29) is 5.69 Å². The van der Waals surface area contributed by atoms with Gasteiger partial charge in [0.05, 0.1) is 10.5 Å². The monoisotopic (exact) mass is 332 g/mol. The number of nitrogens with zero attached hydrogens (tertiary/aromatic N) is 3. The molecule has 0 aliphatic rings. The van der Waals surface area contributed by atoms with Gasteiger partial charge in [0.15, 0.2) is 0 Å². The molecule has 3 rings (SSSR count). The third-order valence-electron chi connectivity index (χ3n) is 2.98. The molecule has 0 saturated heterocycles. The highest BCUT2D eigenvalue weighted by Crippen LogP contribution is 2.35. The van der Waals surface area contributed by atoms with E-state index in [4.69, 9.17) is 5.73 Å². The Morgan fingerprint density at radius 1 is 1.30 bits per heavy atom. The number of benzene rings is 1. The maximum atomic E-state index is 11.2. The molecule has 0 radical (unpaired) electrons. The lowest BCUT2D eigenvalue weighted by molar-refractivity contribution is -0.384. The number of fused-ring (bicyclic) bond motifs is 1. The molecule has 100 valence electrons. The fraction of sp³-hybridized carbons (Fsp3) is 0. The van der Waals surface area contributed by atoms with Crippen LogP contribution in [0, 0.1) is 10.1 Å². The number of nitrogen functional groups attached to an aromatic ring is 1. The molecule has 20 heavy (non-hydrogen) atoms. The van der Waals surface area contributed by atoms with Gasteiger partial charge in [-0.1, -0.05) is 22.0 Å². The number of imidazole rings is 1. The molecule has 0 aliphatic heterocycles. The number of nitro groups is 1. The van der Waals surface area contributed by atoms with Gasteiger partial charge in [0.2, 0.25) is 0 Å². The van der Waals surface area contributed by atoms with Crippen LogP contribution in [0.2, 0.25) is 0 Å². The SMILES string of the molecule is Nc1c(-c2ccc(Br)cc2[N+](=O)[O-])nc2ccccn12. The molecule has 2 N–H and O–H groups in total. The summed E-state index contributed by atoms with van der Waals surface area (Å²) in [4.78, 5) is 15.1. The van der Waals surface area contributed by atoms with Gasteiger partial charge in [-0.25, -0.2) is 4.98 Å². The Labute approximate surface area is 122 Å². The van der Waals surface area contributed by atoms with Gasteiger partial charge in [0.25, 0.3) is 5.69 Å². The van der Waals surface area contributed by atoms with E-state index in [1.54, 1.807) is 28.8 Å². The summed E-state index contributed by atoms with van der Waals surface area (Å²) in [6, 6.07) is 10.3. The summed E-state index contributed by atoms with van der Waals surface area (Å²) >= 11 is 3.23. The van der Waals surface area contributed by atoms with Crippen molar-refractivity contribution in [2.45, 2.75) is 0 Å². The highest BCUT2D eigenvalue weighted by molar-refractivity contribution is 9.10. The number of halogens is 1. The number of anilines is 1. The van der Waals surface area contributed by atoms with Crippen LogP contribution in [0.15, 0.2) is 47.1 Å². The molecule has 2 aromatic heterocycles. The van der Waals surface area contributed by atoms with Gasteiger partial charge in [-0.15, -0.1) is 0 Å². The zero-order valence-corrected chi connectivity index (χ0v) is 11.7. The van der Waals surface area contributed by atoms with Crippen LogP contribution in [0.5, 0.6) is 0 Å². The predicted octanol–water partition coefficient (Wildman–Crippen LogP) is 3.25. The first-order chi connectivity index (χ1) is 9.58. The summed E-state index contributed by atoms with van der Waals surface area (Å²) < 4.78 is 2.33. The fourth-order valence-corrected chi connectivity index (χ4v) is 2.42. The molecule has 0 unspecified atom stereocenters. The van der Waals surface area contributed by atoms with E-state index in [0.717, 1.165) is 0 Å². The number of hydrogen-bond acceptors (Lipinski definition) is 4. The topological polar surface area (TPSA) is 86.5 Å². The first kappa shape index (κ1) is 12.6. The second-order valence-electron chi connectivity index (χ2n) is 4.19. The number of nitro benzene ring substituents is 1. The summed E-state index contributed by atoms with van der Waals surface area (Å²) in [7, 11) is 0. The maximum absolute atomic E-state index is 11.2. The van der Waals surface area contributed by atoms with Gasteiger partial charge in [0.1, 0.15) is 17.2 Å². The van der Waals surface area contributed by atoms with Crippen molar-refractivity contribution in [2.24, 2.45) is 0 Å². The summed E-state index contributed by atoms with van der Waals surface area (Å²) in [5.41, 5.74) is 7.48. The average Bonchev–Trinajstić information content (AvgIpc) is 2.76. The molecule has 0 atom stereocenters. The number of pyridine rings is 1. The molecular formula is C13H9BrN4O2. The lowest BCUT2D eigenvalue weighted by Gasteiger charge is -2.02. The molecule has 3 aromatic rings. The second-order valence-corrected chi connectivity index (χ2v) is 5.11. The summed E-state index contributed by atoms with van der Waals surface area (Å²) in [5.74, 6) is 0.381. The van der Waals surface area contributed by atoms with Gasteiger partial charge < -0.3 is 5.73 Å². The molecule has 0 spiro atoms. The quantitative estimate of drug-likeness (QED) is 0.576. The molecule has 0 fully saturated rings. The van der Waals surface area contributed by atoms with Gasteiger partial charge in [-0.2, -0.15) is 0 Å². The smallest absolute Gasteiger partial charge is 0.280 e. The van der Waals surface area contributed by atoms with Crippen molar-refractivity contribution in [3.63, 3.8) is 0 Å². The van der Waals surface area contributed by atoms with E-state index in [2.05, 4.69) is 20.9 Å². The number of aromatic nitrogens is 2. The summed E-state index contributed by atoms with van der Waals surface area (Å²) in [6.45, 7) is 0. The highest BCUT2D eigenvalue weighted by atomic mass is 79.9.